The number of rotatable bonds is 6. The molecule has 13 rings (SSSR count). The number of hydrogen-bond acceptors (Lipinski definition) is 1. The van der Waals surface area contributed by atoms with Gasteiger partial charge in [0.1, 0.15) is 11.2 Å². The van der Waals surface area contributed by atoms with Crippen LogP contribution in [0.1, 0.15) is 0 Å². The van der Waals surface area contributed by atoms with E-state index in [0.717, 1.165) is 27.5 Å². The largest absolute Gasteiger partial charge is 0.455 e. The van der Waals surface area contributed by atoms with Crippen LogP contribution in [0.2, 0.25) is 0 Å². The number of para-hydroxylation sites is 1. The van der Waals surface area contributed by atoms with Crippen LogP contribution >= 0.6 is 0 Å². The Morgan fingerprint density at radius 3 is 1.05 bits per heavy atom. The highest BCUT2D eigenvalue weighted by atomic mass is 16.3. The highest BCUT2D eigenvalue weighted by Crippen LogP contribution is 2.49. The fourth-order valence-corrected chi connectivity index (χ4v) is 10.6. The first kappa shape index (κ1) is 37.1. The Morgan fingerprint density at radius 1 is 0.200 bits per heavy atom. The smallest absolute Gasteiger partial charge is 0.143 e. The third-order valence-electron chi connectivity index (χ3n) is 13.4. The summed E-state index contributed by atoms with van der Waals surface area (Å²) < 4.78 is 7.02. The average molecular weight is 825 g/mol. The topological polar surface area (TPSA) is 13.1 Å². The molecule has 13 aromatic rings. The first-order chi connectivity index (χ1) is 32.3. The Balaban J connectivity index is 1.04. The second-order valence-electron chi connectivity index (χ2n) is 17.1. The zero-order chi connectivity index (χ0) is 42.8. The standard InChI is InChI=1S/C64H40O/c1-4-19-41(20-5-1)45-37-46(42-21-6-2-7-22-42)39-47(38-45)62-52-29-14-16-31-54(52)63(55-32-17-15-30-53(55)62)57-34-18-33-56-58-40-44(35-36-59(58)65-64(56)57)61-50-27-12-10-25-48(50)60(43-23-8-3-9-24-43)49-26-11-13-28-51(49)61/h1-40H. The number of hydrogen-bond donors (Lipinski definition) is 0. The molecule has 0 spiro atoms. The van der Waals surface area contributed by atoms with Gasteiger partial charge in [-0.3, -0.25) is 0 Å². The molecule has 0 N–H and O–H groups in total. The molecule has 302 valence electrons. The summed E-state index contributed by atoms with van der Waals surface area (Å²) in [6, 6.07) is 88.3. The molecule has 0 fully saturated rings. The molecule has 1 heteroatoms. The Morgan fingerprint density at radius 2 is 0.569 bits per heavy atom. The van der Waals surface area contributed by atoms with E-state index in [0.29, 0.717) is 0 Å². The predicted octanol–water partition coefficient (Wildman–Crippen LogP) is 18.2. The lowest BCUT2D eigenvalue weighted by molar-refractivity contribution is 0.670. The molecule has 0 saturated carbocycles. The van der Waals surface area contributed by atoms with Gasteiger partial charge in [-0.05, 0) is 129 Å². The van der Waals surface area contributed by atoms with Gasteiger partial charge in [0.05, 0.1) is 0 Å². The Hall–Kier alpha value is -8.52. The molecule has 1 nitrogen and oxygen atoms in total. The summed E-state index contributed by atoms with van der Waals surface area (Å²) in [5, 5.41) is 12.0. The van der Waals surface area contributed by atoms with Gasteiger partial charge in [-0.2, -0.15) is 0 Å². The monoisotopic (exact) mass is 824 g/mol. The summed E-state index contributed by atoms with van der Waals surface area (Å²) in [6.07, 6.45) is 0. The summed E-state index contributed by atoms with van der Waals surface area (Å²) in [6.45, 7) is 0. The lowest BCUT2D eigenvalue weighted by Gasteiger charge is -2.19. The first-order valence-corrected chi connectivity index (χ1v) is 22.4. The van der Waals surface area contributed by atoms with E-state index in [2.05, 4.69) is 243 Å². The van der Waals surface area contributed by atoms with Crippen molar-refractivity contribution in [3.63, 3.8) is 0 Å². The van der Waals surface area contributed by atoms with Crippen LogP contribution in [-0.4, -0.2) is 0 Å². The first-order valence-electron chi connectivity index (χ1n) is 22.4. The normalized spacial score (nSPS) is 11.7. The van der Waals surface area contributed by atoms with Crippen LogP contribution in [0.5, 0.6) is 0 Å². The van der Waals surface area contributed by atoms with Gasteiger partial charge in [-0.15, -0.1) is 0 Å². The second-order valence-corrected chi connectivity index (χ2v) is 17.1. The molecular weight excluding hydrogens is 785 g/mol. The van der Waals surface area contributed by atoms with Gasteiger partial charge in [0, 0.05) is 21.9 Å². The predicted molar refractivity (Wildman–Crippen MR) is 276 cm³/mol. The van der Waals surface area contributed by atoms with E-state index in [1.54, 1.807) is 0 Å². The second kappa shape index (κ2) is 15.1. The molecule has 65 heavy (non-hydrogen) atoms. The van der Waals surface area contributed by atoms with Crippen molar-refractivity contribution in [1.29, 1.82) is 0 Å². The van der Waals surface area contributed by atoms with Crippen LogP contribution in [-0.2, 0) is 0 Å². The molecule has 0 atom stereocenters. The van der Waals surface area contributed by atoms with Crippen LogP contribution in [0.25, 0.3) is 132 Å². The third kappa shape index (κ3) is 6.01. The van der Waals surface area contributed by atoms with Crippen molar-refractivity contribution >= 4 is 65.0 Å². The van der Waals surface area contributed by atoms with Crippen molar-refractivity contribution in [2.45, 2.75) is 0 Å². The van der Waals surface area contributed by atoms with Gasteiger partial charge in [-0.1, -0.05) is 212 Å². The van der Waals surface area contributed by atoms with E-state index < -0.39 is 0 Å². The van der Waals surface area contributed by atoms with Gasteiger partial charge in [0.25, 0.3) is 0 Å². The zero-order valence-electron chi connectivity index (χ0n) is 35.5. The van der Waals surface area contributed by atoms with E-state index >= 15 is 0 Å². The molecule has 0 saturated heterocycles. The molecule has 0 aliphatic heterocycles. The highest BCUT2D eigenvalue weighted by Gasteiger charge is 2.22. The maximum absolute atomic E-state index is 7.02. The van der Waals surface area contributed by atoms with Gasteiger partial charge in [0.2, 0.25) is 0 Å². The average Bonchev–Trinajstić information content (AvgIpc) is 3.76. The van der Waals surface area contributed by atoms with Gasteiger partial charge in [0.15, 0.2) is 0 Å². The number of benzene rings is 12. The zero-order valence-corrected chi connectivity index (χ0v) is 35.5. The summed E-state index contributed by atoms with van der Waals surface area (Å²) in [5.74, 6) is 0. The fraction of sp³-hybridized carbons (Fsp3) is 0. The van der Waals surface area contributed by atoms with Gasteiger partial charge in [-0.25, -0.2) is 0 Å². The van der Waals surface area contributed by atoms with Crippen molar-refractivity contribution in [3.8, 4) is 66.8 Å². The molecular formula is C64H40O. The van der Waals surface area contributed by atoms with E-state index in [1.165, 1.54) is 104 Å². The molecule has 12 aromatic carbocycles. The van der Waals surface area contributed by atoms with Crippen LogP contribution in [0.3, 0.4) is 0 Å². The third-order valence-corrected chi connectivity index (χ3v) is 13.4. The van der Waals surface area contributed by atoms with Gasteiger partial charge < -0.3 is 4.42 Å². The van der Waals surface area contributed by atoms with Crippen molar-refractivity contribution in [3.05, 3.63) is 243 Å². The van der Waals surface area contributed by atoms with Gasteiger partial charge >= 0.3 is 0 Å². The van der Waals surface area contributed by atoms with Crippen LogP contribution in [0.15, 0.2) is 247 Å². The lowest BCUT2D eigenvalue weighted by Crippen LogP contribution is -1.92. The summed E-state index contributed by atoms with van der Waals surface area (Å²) in [5.41, 5.74) is 16.1. The summed E-state index contributed by atoms with van der Waals surface area (Å²) in [4.78, 5) is 0. The number of fused-ring (bicyclic) bond motifs is 7. The minimum absolute atomic E-state index is 0.877. The molecule has 0 aliphatic rings. The number of furan rings is 1. The maximum atomic E-state index is 7.02. The van der Waals surface area contributed by atoms with Crippen molar-refractivity contribution in [2.75, 3.05) is 0 Å². The Bertz CT molecular complexity index is 3800. The molecule has 0 aliphatic carbocycles. The van der Waals surface area contributed by atoms with Crippen LogP contribution in [0.4, 0.5) is 0 Å². The fourth-order valence-electron chi connectivity index (χ4n) is 10.6. The summed E-state index contributed by atoms with van der Waals surface area (Å²) >= 11 is 0. The van der Waals surface area contributed by atoms with E-state index in [9.17, 15) is 0 Å². The van der Waals surface area contributed by atoms with Crippen molar-refractivity contribution in [1.82, 2.24) is 0 Å². The van der Waals surface area contributed by atoms with E-state index in [1.807, 2.05) is 0 Å². The quantitative estimate of drug-likeness (QED) is 0.152. The SMILES string of the molecule is c1ccc(-c2cc(-c3ccccc3)cc(-c3c4ccccc4c(-c4cccc5c4oc4ccc(-c6c7ccccc7c(-c7ccccc7)c7ccccc67)cc45)c4ccccc34)c2)cc1. The Labute approximate surface area is 377 Å². The van der Waals surface area contributed by atoms with Crippen molar-refractivity contribution in [2.24, 2.45) is 0 Å². The minimum Gasteiger partial charge on any atom is -0.455 e. The molecule has 1 aromatic heterocycles. The molecule has 0 amide bonds. The van der Waals surface area contributed by atoms with Crippen LogP contribution < -0.4 is 0 Å². The molecule has 1 heterocycles. The minimum atomic E-state index is 0.877. The van der Waals surface area contributed by atoms with Crippen molar-refractivity contribution < 1.29 is 4.42 Å². The van der Waals surface area contributed by atoms with Crippen LogP contribution in [0, 0.1) is 0 Å². The van der Waals surface area contributed by atoms with E-state index in [4.69, 9.17) is 4.42 Å². The molecule has 0 radical (unpaired) electrons. The van der Waals surface area contributed by atoms with E-state index in [-0.39, 0.29) is 0 Å². The summed E-state index contributed by atoms with van der Waals surface area (Å²) in [7, 11) is 0. The maximum Gasteiger partial charge on any atom is 0.143 e. The highest BCUT2D eigenvalue weighted by molar-refractivity contribution is 6.26. The molecule has 0 bridgehead atoms. The Kier molecular flexibility index (Phi) is 8.60. The lowest BCUT2D eigenvalue weighted by atomic mass is 9.84. The molecule has 0 unspecified atom stereocenters.